The lowest BCUT2D eigenvalue weighted by Gasteiger charge is -2.01. The van der Waals surface area contributed by atoms with Gasteiger partial charge in [-0.15, -0.1) is 0 Å². The van der Waals surface area contributed by atoms with E-state index < -0.39 is 0 Å². The topological polar surface area (TPSA) is 29.1 Å². The van der Waals surface area contributed by atoms with E-state index in [9.17, 15) is 5.11 Å². The second-order valence-corrected chi connectivity index (χ2v) is 2.73. The second kappa shape index (κ2) is 9.92. The van der Waals surface area contributed by atoms with Gasteiger partial charge < -0.3 is 4.74 Å². The lowest BCUT2D eigenvalue weighted by molar-refractivity contribution is 0.114. The molecule has 1 radical (unpaired) electrons. The quantitative estimate of drug-likeness (QED) is 0.500. The van der Waals surface area contributed by atoms with Crippen molar-refractivity contribution < 1.29 is 9.84 Å². The summed E-state index contributed by atoms with van der Waals surface area (Å²) in [6, 6.07) is 0. The van der Waals surface area contributed by atoms with E-state index in [0.717, 1.165) is 32.5 Å². The second-order valence-electron chi connectivity index (χ2n) is 2.73. The molecule has 0 heterocycles. The molecular formula is C9H19O2. The summed E-state index contributed by atoms with van der Waals surface area (Å²) in [4.78, 5) is 0. The number of hydrogen-bond acceptors (Lipinski definition) is 1. The van der Waals surface area contributed by atoms with Crippen LogP contribution >= 0.6 is 0 Å². The van der Waals surface area contributed by atoms with Gasteiger partial charge in [-0.25, -0.2) is 5.11 Å². The molecule has 0 saturated heterocycles. The van der Waals surface area contributed by atoms with Gasteiger partial charge in [-0.2, -0.15) is 0 Å². The van der Waals surface area contributed by atoms with E-state index in [-0.39, 0.29) is 6.61 Å². The summed E-state index contributed by atoms with van der Waals surface area (Å²) in [6.07, 6.45) is 5.34. The van der Waals surface area contributed by atoms with E-state index in [1.54, 1.807) is 0 Å². The van der Waals surface area contributed by atoms with Gasteiger partial charge in [-0.1, -0.05) is 19.8 Å². The molecule has 2 nitrogen and oxygen atoms in total. The molecule has 67 valence electrons. The first kappa shape index (κ1) is 10.9. The first-order chi connectivity index (χ1) is 5.41. The predicted octanol–water partition coefficient (Wildman–Crippen LogP) is 2.40. The first-order valence-electron chi connectivity index (χ1n) is 4.57. The van der Waals surface area contributed by atoms with Crippen molar-refractivity contribution in [3.63, 3.8) is 0 Å². The van der Waals surface area contributed by atoms with E-state index in [2.05, 4.69) is 6.92 Å². The fourth-order valence-electron chi connectivity index (χ4n) is 0.862. The molecule has 2 heteroatoms. The molecule has 0 aromatic rings. The summed E-state index contributed by atoms with van der Waals surface area (Å²) in [5.41, 5.74) is 0. The maximum Gasteiger partial charge on any atom is 0.0823 e. The standard InChI is InChI=1S/C9H19O2/c1-2-3-5-8-11-9-6-4-7-10/h2-9H2,1H3. The zero-order chi connectivity index (χ0) is 8.36. The van der Waals surface area contributed by atoms with Crippen molar-refractivity contribution in [2.75, 3.05) is 19.8 Å². The van der Waals surface area contributed by atoms with Gasteiger partial charge in [0.2, 0.25) is 0 Å². The lowest BCUT2D eigenvalue weighted by Crippen LogP contribution is -1.97. The van der Waals surface area contributed by atoms with Crippen LogP contribution in [0.4, 0.5) is 0 Å². The van der Waals surface area contributed by atoms with Crippen LogP contribution in [0.5, 0.6) is 0 Å². The number of ether oxygens (including phenoxy) is 1. The lowest BCUT2D eigenvalue weighted by atomic mass is 10.3. The average Bonchev–Trinajstić information content (AvgIpc) is 2.03. The van der Waals surface area contributed by atoms with Crippen LogP contribution in [0.1, 0.15) is 39.0 Å². The van der Waals surface area contributed by atoms with Crippen LogP contribution in [0.3, 0.4) is 0 Å². The SMILES string of the molecule is CCCCCOCCCC[O]. The molecule has 0 bridgehead atoms. The Bertz CT molecular complexity index is 56.6. The molecule has 0 rings (SSSR count). The van der Waals surface area contributed by atoms with Crippen LogP contribution in [-0.2, 0) is 9.84 Å². The van der Waals surface area contributed by atoms with Gasteiger partial charge in [0, 0.05) is 13.2 Å². The Morgan fingerprint density at radius 1 is 1.00 bits per heavy atom. The molecule has 0 saturated carbocycles. The third-order valence-electron chi connectivity index (χ3n) is 1.58. The molecule has 0 atom stereocenters. The monoisotopic (exact) mass is 159 g/mol. The van der Waals surface area contributed by atoms with Gasteiger partial charge in [0.05, 0.1) is 6.61 Å². The van der Waals surface area contributed by atoms with Gasteiger partial charge in [0.25, 0.3) is 0 Å². The predicted molar refractivity (Wildman–Crippen MR) is 45.1 cm³/mol. The summed E-state index contributed by atoms with van der Waals surface area (Å²) in [5.74, 6) is 0. The molecule has 0 unspecified atom stereocenters. The Morgan fingerprint density at radius 3 is 2.18 bits per heavy atom. The largest absolute Gasteiger partial charge is 0.381 e. The van der Waals surface area contributed by atoms with Crippen molar-refractivity contribution >= 4 is 0 Å². The molecule has 0 aliphatic rings. The minimum Gasteiger partial charge on any atom is -0.381 e. The van der Waals surface area contributed by atoms with Gasteiger partial charge in [-0.05, 0) is 19.3 Å². The van der Waals surface area contributed by atoms with Crippen molar-refractivity contribution in [2.24, 2.45) is 0 Å². The highest BCUT2D eigenvalue weighted by Gasteiger charge is 1.88. The fraction of sp³-hybridized carbons (Fsp3) is 1.00. The van der Waals surface area contributed by atoms with Crippen LogP contribution in [-0.4, -0.2) is 19.8 Å². The van der Waals surface area contributed by atoms with Crippen LogP contribution in [0, 0.1) is 0 Å². The van der Waals surface area contributed by atoms with Crippen molar-refractivity contribution in [1.29, 1.82) is 0 Å². The van der Waals surface area contributed by atoms with Crippen molar-refractivity contribution in [2.45, 2.75) is 39.0 Å². The Morgan fingerprint density at radius 2 is 1.64 bits per heavy atom. The minimum atomic E-state index is 0.0400. The third kappa shape index (κ3) is 9.92. The molecule has 0 fully saturated rings. The Kier molecular flexibility index (Phi) is 9.85. The zero-order valence-electron chi connectivity index (χ0n) is 7.47. The van der Waals surface area contributed by atoms with Crippen LogP contribution in [0.2, 0.25) is 0 Å². The summed E-state index contributed by atoms with van der Waals surface area (Å²) < 4.78 is 5.30. The van der Waals surface area contributed by atoms with Gasteiger partial charge in [0.1, 0.15) is 0 Å². The summed E-state index contributed by atoms with van der Waals surface area (Å²) in [6.45, 7) is 3.86. The first-order valence-corrected chi connectivity index (χ1v) is 4.57. The summed E-state index contributed by atoms with van der Waals surface area (Å²) in [7, 11) is 0. The summed E-state index contributed by atoms with van der Waals surface area (Å²) >= 11 is 0. The van der Waals surface area contributed by atoms with E-state index >= 15 is 0 Å². The van der Waals surface area contributed by atoms with Gasteiger partial charge in [-0.3, -0.25) is 0 Å². The number of hydrogen-bond donors (Lipinski definition) is 0. The zero-order valence-corrected chi connectivity index (χ0v) is 7.47. The van der Waals surface area contributed by atoms with Gasteiger partial charge >= 0.3 is 0 Å². The van der Waals surface area contributed by atoms with Crippen LogP contribution < -0.4 is 0 Å². The van der Waals surface area contributed by atoms with Crippen molar-refractivity contribution in [3.8, 4) is 0 Å². The molecule has 0 aromatic carbocycles. The Hall–Kier alpha value is -0.0800. The van der Waals surface area contributed by atoms with E-state index in [1.165, 1.54) is 12.8 Å². The molecule has 0 aliphatic carbocycles. The van der Waals surface area contributed by atoms with E-state index in [0.29, 0.717) is 0 Å². The Balaban J connectivity index is 2.69. The highest BCUT2D eigenvalue weighted by Crippen LogP contribution is 1.95. The average molecular weight is 159 g/mol. The molecule has 0 aromatic heterocycles. The Labute approximate surface area is 69.6 Å². The van der Waals surface area contributed by atoms with Crippen molar-refractivity contribution in [3.05, 3.63) is 0 Å². The normalized spacial score (nSPS) is 10.4. The molecule has 11 heavy (non-hydrogen) atoms. The number of rotatable bonds is 8. The molecule has 0 N–H and O–H groups in total. The van der Waals surface area contributed by atoms with Crippen LogP contribution in [0.15, 0.2) is 0 Å². The van der Waals surface area contributed by atoms with Crippen LogP contribution in [0.25, 0.3) is 0 Å². The molecular weight excluding hydrogens is 140 g/mol. The minimum absolute atomic E-state index is 0.0400. The highest BCUT2D eigenvalue weighted by molar-refractivity contribution is 4.38. The van der Waals surface area contributed by atoms with Crippen molar-refractivity contribution in [1.82, 2.24) is 0 Å². The molecule has 0 amide bonds. The molecule has 0 spiro atoms. The third-order valence-corrected chi connectivity index (χ3v) is 1.58. The van der Waals surface area contributed by atoms with Gasteiger partial charge in [0.15, 0.2) is 0 Å². The maximum absolute atomic E-state index is 10.0. The maximum atomic E-state index is 10.0. The fourth-order valence-corrected chi connectivity index (χ4v) is 0.862. The summed E-state index contributed by atoms with van der Waals surface area (Å²) in [5, 5.41) is 10.0. The number of unbranched alkanes of at least 4 members (excludes halogenated alkanes) is 3. The van der Waals surface area contributed by atoms with E-state index in [1.807, 2.05) is 0 Å². The highest BCUT2D eigenvalue weighted by atomic mass is 16.5. The smallest absolute Gasteiger partial charge is 0.0823 e. The molecule has 0 aliphatic heterocycles. The van der Waals surface area contributed by atoms with E-state index in [4.69, 9.17) is 4.74 Å².